The molecule has 1 N–H and O–H groups in total. The lowest BCUT2D eigenvalue weighted by atomic mass is 9.96. The van der Waals surface area contributed by atoms with E-state index < -0.39 is 10.0 Å². The van der Waals surface area contributed by atoms with Crippen LogP contribution in [0.1, 0.15) is 11.1 Å². The van der Waals surface area contributed by atoms with Gasteiger partial charge in [-0.3, -0.25) is 9.52 Å². The quantitative estimate of drug-likeness (QED) is 0.384. The van der Waals surface area contributed by atoms with Crippen LogP contribution in [0.2, 0.25) is 0 Å². The van der Waals surface area contributed by atoms with Gasteiger partial charge in [0.05, 0.1) is 4.90 Å². The van der Waals surface area contributed by atoms with E-state index in [0.717, 1.165) is 16.7 Å². The van der Waals surface area contributed by atoms with Gasteiger partial charge in [0.15, 0.2) is 0 Å². The van der Waals surface area contributed by atoms with Crippen LogP contribution in [0.4, 0.5) is 5.69 Å². The number of hydrogen-bond acceptors (Lipinski definition) is 4. The van der Waals surface area contributed by atoms with E-state index in [4.69, 9.17) is 0 Å². The van der Waals surface area contributed by atoms with Gasteiger partial charge in [0.25, 0.3) is 10.0 Å². The average molecular weight is 448 g/mol. The Morgan fingerprint density at radius 3 is 2.23 bits per heavy atom. The molecule has 0 spiro atoms. The van der Waals surface area contributed by atoms with Crippen molar-refractivity contribution in [2.24, 2.45) is 0 Å². The van der Waals surface area contributed by atoms with E-state index in [2.05, 4.69) is 4.72 Å². The number of ketones is 1. The van der Waals surface area contributed by atoms with E-state index in [9.17, 15) is 13.2 Å². The molecule has 0 saturated carbocycles. The van der Waals surface area contributed by atoms with Crippen LogP contribution >= 0.6 is 11.3 Å². The number of hydrogen-bond donors (Lipinski definition) is 1. The van der Waals surface area contributed by atoms with Crippen LogP contribution in [0.25, 0.3) is 11.1 Å². The molecule has 0 aliphatic heterocycles. The van der Waals surface area contributed by atoms with E-state index in [-0.39, 0.29) is 17.1 Å². The Bertz CT molecular complexity index is 1270. The molecular weight excluding hydrogens is 426 g/mol. The smallest absolute Gasteiger partial charge is 0.261 e. The number of benzene rings is 3. The van der Waals surface area contributed by atoms with Crippen molar-refractivity contribution >= 4 is 32.8 Å². The molecule has 4 rings (SSSR count). The van der Waals surface area contributed by atoms with Gasteiger partial charge in [0.2, 0.25) is 0 Å². The Morgan fingerprint density at radius 2 is 1.55 bits per heavy atom. The summed E-state index contributed by atoms with van der Waals surface area (Å²) in [6.07, 6.45) is 0.470. The number of para-hydroxylation sites is 1. The van der Waals surface area contributed by atoms with Crippen molar-refractivity contribution < 1.29 is 13.2 Å². The summed E-state index contributed by atoms with van der Waals surface area (Å²) in [5.41, 5.74) is 3.99. The topological polar surface area (TPSA) is 63.2 Å². The first kappa shape index (κ1) is 21.0. The van der Waals surface area contributed by atoms with Gasteiger partial charge in [0, 0.05) is 18.5 Å². The SMILES string of the molecule is O=C(Cc1ccccc1)Cc1cc(S(=O)(=O)Nc2ccccc2)ccc1-c1ccsc1. The fraction of sp³-hybridized carbons (Fsp3) is 0.0800. The normalized spacial score (nSPS) is 11.2. The Hall–Kier alpha value is -3.22. The second-order valence-corrected chi connectivity index (χ2v) is 9.64. The standard InChI is InChI=1S/C25H21NO3S2/c27-23(15-19-7-3-1-4-8-19)16-21-17-24(11-12-25(21)20-13-14-30-18-20)31(28,29)26-22-9-5-2-6-10-22/h1-14,17-18,26H,15-16H2. The number of thiophene rings is 1. The van der Waals surface area contributed by atoms with Gasteiger partial charge in [-0.1, -0.05) is 54.6 Å². The summed E-state index contributed by atoms with van der Waals surface area (Å²) in [4.78, 5) is 12.9. The Balaban J connectivity index is 1.65. The number of carbonyl (C=O) groups is 1. The molecule has 0 radical (unpaired) electrons. The van der Waals surface area contributed by atoms with Gasteiger partial charge in [0.1, 0.15) is 5.78 Å². The van der Waals surface area contributed by atoms with Crippen LogP contribution in [0.15, 0.2) is 101 Å². The summed E-state index contributed by atoms with van der Waals surface area (Å²) in [6, 6.07) is 25.3. The van der Waals surface area contributed by atoms with Crippen LogP contribution in [0.5, 0.6) is 0 Å². The molecule has 0 fully saturated rings. The molecule has 31 heavy (non-hydrogen) atoms. The lowest BCUT2D eigenvalue weighted by Gasteiger charge is -2.13. The maximum absolute atomic E-state index is 12.9. The third-order valence-corrected chi connectivity index (χ3v) is 6.94. The molecule has 0 bridgehead atoms. The monoisotopic (exact) mass is 447 g/mol. The van der Waals surface area contributed by atoms with Crippen molar-refractivity contribution in [3.05, 3.63) is 107 Å². The molecule has 0 atom stereocenters. The van der Waals surface area contributed by atoms with E-state index in [1.54, 1.807) is 53.8 Å². The molecule has 0 aliphatic carbocycles. The van der Waals surface area contributed by atoms with Gasteiger partial charge in [-0.25, -0.2) is 8.42 Å². The van der Waals surface area contributed by atoms with Crippen molar-refractivity contribution in [1.29, 1.82) is 0 Å². The fourth-order valence-corrected chi connectivity index (χ4v) is 5.17. The summed E-state index contributed by atoms with van der Waals surface area (Å²) in [5, 5.41) is 3.96. The zero-order chi connectivity index (χ0) is 21.7. The lowest BCUT2D eigenvalue weighted by molar-refractivity contribution is -0.117. The highest BCUT2D eigenvalue weighted by Gasteiger charge is 2.18. The fourth-order valence-electron chi connectivity index (χ4n) is 3.40. The summed E-state index contributed by atoms with van der Waals surface area (Å²) in [7, 11) is -3.77. The summed E-state index contributed by atoms with van der Waals surface area (Å²) in [6.45, 7) is 0. The first-order chi connectivity index (χ1) is 15.0. The van der Waals surface area contributed by atoms with Crippen molar-refractivity contribution in [2.75, 3.05) is 4.72 Å². The summed E-state index contributed by atoms with van der Waals surface area (Å²) < 4.78 is 28.5. The molecule has 4 aromatic rings. The van der Waals surface area contributed by atoms with E-state index in [0.29, 0.717) is 17.7 Å². The number of Topliss-reactive ketones (excluding diaryl/α,β-unsaturated/α-hetero) is 1. The van der Waals surface area contributed by atoms with E-state index in [1.165, 1.54) is 0 Å². The molecule has 4 nitrogen and oxygen atoms in total. The minimum atomic E-state index is -3.77. The number of rotatable bonds is 8. The third-order valence-electron chi connectivity index (χ3n) is 4.88. The highest BCUT2D eigenvalue weighted by molar-refractivity contribution is 7.92. The minimum Gasteiger partial charge on any atom is -0.299 e. The zero-order valence-electron chi connectivity index (χ0n) is 16.7. The first-order valence-corrected chi connectivity index (χ1v) is 12.2. The Kier molecular flexibility index (Phi) is 6.30. The zero-order valence-corrected chi connectivity index (χ0v) is 18.3. The van der Waals surface area contributed by atoms with Crippen molar-refractivity contribution in [1.82, 2.24) is 0 Å². The Labute approximate surface area is 186 Å². The van der Waals surface area contributed by atoms with Crippen molar-refractivity contribution in [3.8, 4) is 11.1 Å². The second kappa shape index (κ2) is 9.29. The highest BCUT2D eigenvalue weighted by atomic mass is 32.2. The average Bonchev–Trinajstić information content (AvgIpc) is 3.29. The van der Waals surface area contributed by atoms with Gasteiger partial charge in [-0.15, -0.1) is 0 Å². The molecule has 0 amide bonds. The van der Waals surface area contributed by atoms with Crippen LogP contribution in [0.3, 0.4) is 0 Å². The summed E-state index contributed by atoms with van der Waals surface area (Å²) in [5.74, 6) is 0.0354. The molecule has 0 aliphatic rings. The van der Waals surface area contributed by atoms with Gasteiger partial charge in [-0.05, 0) is 63.3 Å². The summed E-state index contributed by atoms with van der Waals surface area (Å²) >= 11 is 1.56. The number of sulfonamides is 1. The Morgan fingerprint density at radius 1 is 0.839 bits per heavy atom. The highest BCUT2D eigenvalue weighted by Crippen LogP contribution is 2.29. The third kappa shape index (κ3) is 5.29. The number of carbonyl (C=O) groups excluding carboxylic acids is 1. The lowest BCUT2D eigenvalue weighted by Crippen LogP contribution is -2.14. The van der Waals surface area contributed by atoms with Gasteiger partial charge >= 0.3 is 0 Å². The molecule has 1 aromatic heterocycles. The van der Waals surface area contributed by atoms with Gasteiger partial charge < -0.3 is 0 Å². The predicted molar refractivity (Wildman–Crippen MR) is 126 cm³/mol. The molecule has 0 unspecified atom stereocenters. The predicted octanol–water partition coefficient (Wildman–Crippen LogP) is 5.57. The number of anilines is 1. The molecular formula is C25H21NO3S2. The van der Waals surface area contributed by atoms with Crippen LogP contribution in [0, 0.1) is 0 Å². The van der Waals surface area contributed by atoms with E-state index >= 15 is 0 Å². The maximum atomic E-state index is 12.9. The van der Waals surface area contributed by atoms with Gasteiger partial charge in [-0.2, -0.15) is 11.3 Å². The van der Waals surface area contributed by atoms with Crippen molar-refractivity contribution in [3.63, 3.8) is 0 Å². The molecule has 0 saturated heterocycles. The second-order valence-electron chi connectivity index (χ2n) is 7.18. The molecule has 156 valence electrons. The number of nitrogens with one attached hydrogen (secondary N) is 1. The maximum Gasteiger partial charge on any atom is 0.261 e. The molecule has 6 heteroatoms. The van der Waals surface area contributed by atoms with E-state index in [1.807, 2.05) is 53.2 Å². The van der Waals surface area contributed by atoms with Crippen LogP contribution in [-0.4, -0.2) is 14.2 Å². The first-order valence-electron chi connectivity index (χ1n) is 9.80. The molecule has 3 aromatic carbocycles. The largest absolute Gasteiger partial charge is 0.299 e. The van der Waals surface area contributed by atoms with Crippen LogP contribution in [-0.2, 0) is 27.7 Å². The van der Waals surface area contributed by atoms with Crippen LogP contribution < -0.4 is 4.72 Å². The minimum absolute atomic E-state index is 0.0354. The van der Waals surface area contributed by atoms with Crippen molar-refractivity contribution in [2.45, 2.75) is 17.7 Å². The molecule has 1 heterocycles.